The van der Waals surface area contributed by atoms with Crippen molar-refractivity contribution >= 4 is 0 Å². The van der Waals surface area contributed by atoms with Crippen LogP contribution in [-0.4, -0.2) is 9.78 Å². The lowest BCUT2D eigenvalue weighted by Crippen LogP contribution is -2.04. The van der Waals surface area contributed by atoms with E-state index in [0.717, 1.165) is 11.3 Å². The second kappa shape index (κ2) is 4.37. The Hall–Kier alpha value is -2.55. The van der Waals surface area contributed by atoms with Crippen LogP contribution in [0, 0.1) is 0 Å². The van der Waals surface area contributed by atoms with Crippen molar-refractivity contribution in [3.63, 3.8) is 0 Å². The summed E-state index contributed by atoms with van der Waals surface area (Å²) in [6.45, 7) is 0. The lowest BCUT2D eigenvalue weighted by molar-refractivity contribution is 0.864. The molecule has 3 heteroatoms. The molecule has 3 nitrogen and oxygen atoms in total. The number of hydrogen-bond acceptors (Lipinski definition) is 1. The predicted octanol–water partition coefficient (Wildman–Crippen LogP) is 2.83. The average Bonchev–Trinajstić information content (AvgIpc) is 2.83. The highest BCUT2D eigenvalue weighted by molar-refractivity contribution is 5.61. The molecule has 3 aromatic rings. The first-order valence-electron chi connectivity index (χ1n) is 5.77. The molecule has 88 valence electrons. The van der Waals surface area contributed by atoms with Crippen molar-refractivity contribution in [2.75, 3.05) is 0 Å². The molecule has 3 rings (SSSR count). The molecule has 0 atom stereocenters. The van der Waals surface area contributed by atoms with Gasteiger partial charge in [0.15, 0.2) is 0 Å². The van der Waals surface area contributed by atoms with Gasteiger partial charge >= 0.3 is 0 Å². The van der Waals surface area contributed by atoms with Crippen LogP contribution in [-0.2, 0) is 0 Å². The number of aromatic amines is 1. The van der Waals surface area contributed by atoms with Crippen molar-refractivity contribution in [1.29, 1.82) is 0 Å². The maximum atomic E-state index is 11.9. The Morgan fingerprint density at radius 3 is 2.11 bits per heavy atom. The smallest absolute Gasteiger partial charge is 0.267 e. The molecule has 0 aliphatic heterocycles. The highest BCUT2D eigenvalue weighted by Crippen LogP contribution is 2.15. The molecule has 0 saturated heterocycles. The standard InChI is InChI=1S/C15H12N2O/c18-15-14(12-7-3-1-4-8-12)11-17(16-15)13-9-5-2-6-10-13/h1-11H,(H,16,18). The van der Waals surface area contributed by atoms with Gasteiger partial charge in [0, 0.05) is 6.20 Å². The van der Waals surface area contributed by atoms with E-state index in [4.69, 9.17) is 0 Å². The van der Waals surface area contributed by atoms with Gasteiger partial charge in [-0.25, -0.2) is 0 Å². The zero-order chi connectivity index (χ0) is 12.4. The summed E-state index contributed by atoms with van der Waals surface area (Å²) in [7, 11) is 0. The number of benzene rings is 2. The predicted molar refractivity (Wildman–Crippen MR) is 71.8 cm³/mol. The van der Waals surface area contributed by atoms with Crippen LogP contribution in [0.1, 0.15) is 0 Å². The van der Waals surface area contributed by atoms with Crippen molar-refractivity contribution in [1.82, 2.24) is 9.78 Å². The van der Waals surface area contributed by atoms with Gasteiger partial charge in [0.25, 0.3) is 5.56 Å². The summed E-state index contributed by atoms with van der Waals surface area (Å²) in [5, 5.41) is 2.82. The number of rotatable bonds is 2. The Labute approximate surface area is 104 Å². The van der Waals surface area contributed by atoms with E-state index in [0.29, 0.717) is 5.56 Å². The number of hydrogen-bond donors (Lipinski definition) is 1. The summed E-state index contributed by atoms with van der Waals surface area (Å²) >= 11 is 0. The van der Waals surface area contributed by atoms with Crippen molar-refractivity contribution < 1.29 is 0 Å². The SMILES string of the molecule is O=c1[nH]n(-c2ccccc2)cc1-c1ccccc1. The maximum Gasteiger partial charge on any atom is 0.272 e. The summed E-state index contributed by atoms with van der Waals surface area (Å²) in [5.41, 5.74) is 2.47. The third-order valence-electron chi connectivity index (χ3n) is 2.84. The lowest BCUT2D eigenvalue weighted by Gasteiger charge is -2.00. The summed E-state index contributed by atoms with van der Waals surface area (Å²) in [5.74, 6) is 0. The minimum Gasteiger partial charge on any atom is -0.267 e. The minimum atomic E-state index is -0.0787. The van der Waals surface area contributed by atoms with Gasteiger partial charge in [-0.05, 0) is 17.7 Å². The largest absolute Gasteiger partial charge is 0.272 e. The number of nitrogens with zero attached hydrogens (tertiary/aromatic N) is 1. The molecule has 1 aromatic heterocycles. The second-order valence-electron chi connectivity index (χ2n) is 4.06. The molecule has 0 amide bonds. The van der Waals surface area contributed by atoms with Crippen molar-refractivity contribution in [3.05, 3.63) is 77.2 Å². The summed E-state index contributed by atoms with van der Waals surface area (Å²) < 4.78 is 1.74. The van der Waals surface area contributed by atoms with E-state index in [1.165, 1.54) is 0 Å². The maximum absolute atomic E-state index is 11.9. The van der Waals surface area contributed by atoms with Crippen LogP contribution in [0.5, 0.6) is 0 Å². The number of aromatic nitrogens is 2. The third kappa shape index (κ3) is 1.86. The van der Waals surface area contributed by atoms with Gasteiger partial charge in [0.1, 0.15) is 0 Å². The van der Waals surface area contributed by atoms with Gasteiger partial charge in [-0.1, -0.05) is 48.5 Å². The number of H-pyrrole nitrogens is 1. The summed E-state index contributed by atoms with van der Waals surface area (Å²) in [6.07, 6.45) is 1.83. The van der Waals surface area contributed by atoms with Gasteiger partial charge in [-0.15, -0.1) is 0 Å². The summed E-state index contributed by atoms with van der Waals surface area (Å²) in [4.78, 5) is 11.9. The molecule has 0 fully saturated rings. The Morgan fingerprint density at radius 1 is 0.833 bits per heavy atom. The van der Waals surface area contributed by atoms with Gasteiger partial charge in [0.05, 0.1) is 11.3 Å². The van der Waals surface area contributed by atoms with Gasteiger partial charge in [-0.3, -0.25) is 14.6 Å². The number of nitrogens with one attached hydrogen (secondary N) is 1. The second-order valence-corrected chi connectivity index (χ2v) is 4.06. The van der Waals surface area contributed by atoms with Crippen LogP contribution >= 0.6 is 0 Å². The van der Waals surface area contributed by atoms with E-state index in [9.17, 15) is 4.79 Å². The van der Waals surface area contributed by atoms with Crippen molar-refractivity contribution in [3.8, 4) is 16.8 Å². The molecule has 0 spiro atoms. The fraction of sp³-hybridized carbons (Fsp3) is 0. The number of para-hydroxylation sites is 1. The van der Waals surface area contributed by atoms with Crippen LogP contribution in [0.4, 0.5) is 0 Å². The highest BCUT2D eigenvalue weighted by atomic mass is 16.1. The van der Waals surface area contributed by atoms with Gasteiger partial charge < -0.3 is 0 Å². The van der Waals surface area contributed by atoms with E-state index < -0.39 is 0 Å². The van der Waals surface area contributed by atoms with Crippen molar-refractivity contribution in [2.24, 2.45) is 0 Å². The van der Waals surface area contributed by atoms with E-state index in [2.05, 4.69) is 5.10 Å². The van der Waals surface area contributed by atoms with E-state index in [1.54, 1.807) is 4.68 Å². The Morgan fingerprint density at radius 2 is 1.44 bits per heavy atom. The van der Waals surface area contributed by atoms with E-state index in [1.807, 2.05) is 66.9 Å². The first kappa shape index (κ1) is 10.6. The Balaban J connectivity index is 2.10. The molecule has 0 unspecified atom stereocenters. The van der Waals surface area contributed by atoms with Crippen molar-refractivity contribution in [2.45, 2.75) is 0 Å². The van der Waals surface area contributed by atoms with E-state index in [-0.39, 0.29) is 5.56 Å². The minimum absolute atomic E-state index is 0.0787. The third-order valence-corrected chi connectivity index (χ3v) is 2.84. The van der Waals surface area contributed by atoms with E-state index >= 15 is 0 Å². The molecular formula is C15H12N2O. The molecule has 2 aromatic carbocycles. The first-order chi connectivity index (χ1) is 8.84. The molecule has 1 N–H and O–H groups in total. The van der Waals surface area contributed by atoms with Gasteiger partial charge in [0.2, 0.25) is 0 Å². The molecule has 0 bridgehead atoms. The van der Waals surface area contributed by atoms with Crippen LogP contribution < -0.4 is 5.56 Å². The highest BCUT2D eigenvalue weighted by Gasteiger charge is 2.06. The molecule has 0 aliphatic carbocycles. The zero-order valence-electron chi connectivity index (χ0n) is 9.71. The molecule has 0 radical (unpaired) electrons. The Bertz CT molecular complexity index is 696. The molecular weight excluding hydrogens is 224 g/mol. The Kier molecular flexibility index (Phi) is 2.57. The molecule has 18 heavy (non-hydrogen) atoms. The fourth-order valence-electron chi connectivity index (χ4n) is 1.94. The molecule has 1 heterocycles. The molecule has 0 saturated carbocycles. The topological polar surface area (TPSA) is 37.8 Å². The normalized spacial score (nSPS) is 10.4. The molecule has 0 aliphatic rings. The zero-order valence-corrected chi connectivity index (χ0v) is 9.71. The average molecular weight is 236 g/mol. The van der Waals surface area contributed by atoms with Crippen LogP contribution in [0.25, 0.3) is 16.8 Å². The lowest BCUT2D eigenvalue weighted by atomic mass is 10.1. The first-order valence-corrected chi connectivity index (χ1v) is 5.77. The van der Waals surface area contributed by atoms with Crippen LogP contribution in [0.15, 0.2) is 71.7 Å². The van der Waals surface area contributed by atoms with Gasteiger partial charge in [-0.2, -0.15) is 0 Å². The van der Waals surface area contributed by atoms with Crippen LogP contribution in [0.2, 0.25) is 0 Å². The summed E-state index contributed by atoms with van der Waals surface area (Å²) in [6, 6.07) is 19.4. The van der Waals surface area contributed by atoms with Crippen LogP contribution in [0.3, 0.4) is 0 Å². The monoisotopic (exact) mass is 236 g/mol. The fourth-order valence-corrected chi connectivity index (χ4v) is 1.94. The quantitative estimate of drug-likeness (QED) is 0.730.